The van der Waals surface area contributed by atoms with Gasteiger partial charge < -0.3 is 0 Å². The molecule has 7 nitrogen and oxygen atoms in total. The molecular formula is C11H23N3O4S2. The van der Waals surface area contributed by atoms with Crippen LogP contribution in [0.15, 0.2) is 0 Å². The largest absolute Gasteiger partial charge is 0.279 e. The van der Waals surface area contributed by atoms with E-state index in [9.17, 15) is 16.8 Å². The van der Waals surface area contributed by atoms with Crippen molar-refractivity contribution in [2.45, 2.75) is 38.1 Å². The summed E-state index contributed by atoms with van der Waals surface area (Å²) in [7, 11) is -6.74. The Kier molecular flexibility index (Phi) is 5.06. The molecule has 0 radical (unpaired) electrons. The number of rotatable bonds is 4. The minimum Gasteiger partial charge on any atom is -0.213 e. The molecule has 2 rings (SSSR count). The van der Waals surface area contributed by atoms with Gasteiger partial charge in [0.1, 0.15) is 0 Å². The summed E-state index contributed by atoms with van der Waals surface area (Å²) >= 11 is 0. The molecule has 1 N–H and O–H groups in total. The molecule has 1 atom stereocenters. The predicted molar refractivity (Wildman–Crippen MR) is 76.9 cm³/mol. The summed E-state index contributed by atoms with van der Waals surface area (Å²) in [4.78, 5) is 0. The van der Waals surface area contributed by atoms with E-state index in [-0.39, 0.29) is 12.6 Å². The van der Waals surface area contributed by atoms with Crippen LogP contribution in [0.5, 0.6) is 0 Å². The zero-order valence-electron chi connectivity index (χ0n) is 11.8. The molecule has 0 saturated carbocycles. The Morgan fingerprint density at radius 3 is 2.10 bits per heavy atom. The smallest absolute Gasteiger partial charge is 0.213 e. The Morgan fingerprint density at radius 1 is 0.900 bits per heavy atom. The Balaban J connectivity index is 1.98. The van der Waals surface area contributed by atoms with Crippen LogP contribution in [0.1, 0.15) is 32.1 Å². The quantitative estimate of drug-likeness (QED) is 0.771. The number of nitrogens with zero attached hydrogens (tertiary/aromatic N) is 2. The number of sulfonamides is 1. The van der Waals surface area contributed by atoms with Crippen LogP contribution in [0.3, 0.4) is 0 Å². The summed E-state index contributed by atoms with van der Waals surface area (Å²) in [6.45, 7) is 1.81. The molecule has 2 aliphatic heterocycles. The van der Waals surface area contributed by atoms with E-state index in [4.69, 9.17) is 0 Å². The van der Waals surface area contributed by atoms with Gasteiger partial charge in [-0.15, -0.1) is 0 Å². The fourth-order valence-electron chi connectivity index (χ4n) is 2.73. The maximum absolute atomic E-state index is 12.3. The molecule has 0 aromatic rings. The van der Waals surface area contributed by atoms with E-state index in [1.165, 1.54) is 8.61 Å². The lowest BCUT2D eigenvalue weighted by atomic mass is 10.1. The highest BCUT2D eigenvalue weighted by molar-refractivity contribution is 7.88. The van der Waals surface area contributed by atoms with Crippen LogP contribution in [0.25, 0.3) is 0 Å². The van der Waals surface area contributed by atoms with E-state index in [0.717, 1.165) is 25.5 Å². The molecule has 9 heteroatoms. The van der Waals surface area contributed by atoms with Gasteiger partial charge in [-0.05, 0) is 25.7 Å². The van der Waals surface area contributed by atoms with E-state index in [1.54, 1.807) is 0 Å². The average Bonchev–Trinajstić information content (AvgIpc) is 2.38. The van der Waals surface area contributed by atoms with Gasteiger partial charge in [0.05, 0.1) is 6.26 Å². The Labute approximate surface area is 121 Å². The van der Waals surface area contributed by atoms with E-state index in [2.05, 4.69) is 4.72 Å². The molecule has 0 spiro atoms. The van der Waals surface area contributed by atoms with Crippen molar-refractivity contribution in [2.75, 3.05) is 32.4 Å². The molecule has 0 aromatic carbocycles. The molecule has 0 aromatic heterocycles. The first kappa shape index (κ1) is 16.2. The third kappa shape index (κ3) is 4.14. The first-order valence-electron chi connectivity index (χ1n) is 7.01. The van der Waals surface area contributed by atoms with E-state index in [1.807, 2.05) is 0 Å². The van der Waals surface area contributed by atoms with Crippen molar-refractivity contribution in [3.63, 3.8) is 0 Å². The first-order valence-corrected chi connectivity index (χ1v) is 10.3. The molecular weight excluding hydrogens is 302 g/mol. The fourth-order valence-corrected chi connectivity index (χ4v) is 5.14. The van der Waals surface area contributed by atoms with Crippen LogP contribution in [0.2, 0.25) is 0 Å². The lowest BCUT2D eigenvalue weighted by molar-refractivity contribution is 0.292. The maximum atomic E-state index is 12.3. The number of hydrogen-bond donors (Lipinski definition) is 1. The normalized spacial score (nSPS) is 27.6. The molecule has 118 valence electrons. The second kappa shape index (κ2) is 6.27. The molecule has 2 saturated heterocycles. The monoisotopic (exact) mass is 325 g/mol. The first-order chi connectivity index (χ1) is 9.29. The third-order valence-electron chi connectivity index (χ3n) is 3.82. The number of piperidine rings is 2. The standard InChI is InChI=1S/C11H23N3O4S2/c1-19(15,16)14-9-5-6-11(10-14)12-20(17,18)13-7-3-2-4-8-13/h11-12H,2-10H2,1H3. The zero-order valence-corrected chi connectivity index (χ0v) is 13.4. The van der Waals surface area contributed by atoms with E-state index in [0.29, 0.717) is 32.5 Å². The Morgan fingerprint density at radius 2 is 1.50 bits per heavy atom. The van der Waals surface area contributed by atoms with Gasteiger partial charge in [-0.2, -0.15) is 17.4 Å². The van der Waals surface area contributed by atoms with Crippen molar-refractivity contribution in [1.82, 2.24) is 13.3 Å². The lowest BCUT2D eigenvalue weighted by Gasteiger charge is -2.33. The van der Waals surface area contributed by atoms with E-state index < -0.39 is 20.2 Å². The van der Waals surface area contributed by atoms with Crippen molar-refractivity contribution in [3.05, 3.63) is 0 Å². The zero-order chi connectivity index (χ0) is 14.8. The van der Waals surface area contributed by atoms with E-state index >= 15 is 0 Å². The van der Waals surface area contributed by atoms with Crippen molar-refractivity contribution in [1.29, 1.82) is 0 Å². The summed E-state index contributed by atoms with van der Waals surface area (Å²) in [6, 6.07) is -0.328. The van der Waals surface area contributed by atoms with Crippen LogP contribution in [0, 0.1) is 0 Å². The predicted octanol–water partition coefficient (Wildman–Crippen LogP) is -0.269. The third-order valence-corrected chi connectivity index (χ3v) is 6.77. The Bertz CT molecular complexity index is 526. The van der Waals surface area contributed by atoms with Gasteiger partial charge in [0.25, 0.3) is 10.2 Å². The van der Waals surface area contributed by atoms with Crippen molar-refractivity contribution >= 4 is 20.2 Å². The Hall–Kier alpha value is -0.220. The SMILES string of the molecule is CS(=O)(=O)N1CCCC(NS(=O)(=O)N2CCCCC2)C1. The lowest BCUT2D eigenvalue weighted by Crippen LogP contribution is -2.53. The fraction of sp³-hybridized carbons (Fsp3) is 1.00. The number of hydrogen-bond acceptors (Lipinski definition) is 4. The molecule has 20 heavy (non-hydrogen) atoms. The topological polar surface area (TPSA) is 86.8 Å². The van der Waals surface area contributed by atoms with Gasteiger partial charge in [-0.3, -0.25) is 0 Å². The highest BCUT2D eigenvalue weighted by Crippen LogP contribution is 2.16. The molecule has 0 amide bonds. The van der Waals surface area contributed by atoms with Gasteiger partial charge in [0, 0.05) is 32.2 Å². The molecule has 1 unspecified atom stereocenters. The second-order valence-electron chi connectivity index (χ2n) is 5.54. The molecule has 2 aliphatic rings. The second-order valence-corrected chi connectivity index (χ2v) is 9.23. The van der Waals surface area contributed by atoms with Gasteiger partial charge >= 0.3 is 0 Å². The van der Waals surface area contributed by atoms with Crippen LogP contribution in [0.4, 0.5) is 0 Å². The summed E-state index contributed by atoms with van der Waals surface area (Å²) in [5.41, 5.74) is 0. The van der Waals surface area contributed by atoms with Gasteiger partial charge in [0.15, 0.2) is 0 Å². The van der Waals surface area contributed by atoms with Crippen LogP contribution in [-0.4, -0.2) is 63.9 Å². The minimum absolute atomic E-state index is 0.228. The van der Waals surface area contributed by atoms with Crippen LogP contribution in [-0.2, 0) is 20.2 Å². The van der Waals surface area contributed by atoms with Crippen molar-refractivity contribution in [3.8, 4) is 0 Å². The van der Waals surface area contributed by atoms with Gasteiger partial charge in [-0.25, -0.2) is 12.7 Å². The van der Waals surface area contributed by atoms with Crippen LogP contribution >= 0.6 is 0 Å². The molecule has 2 heterocycles. The van der Waals surface area contributed by atoms with Gasteiger partial charge in [0.2, 0.25) is 10.0 Å². The van der Waals surface area contributed by atoms with Gasteiger partial charge in [-0.1, -0.05) is 6.42 Å². The number of nitrogens with one attached hydrogen (secondary N) is 1. The summed E-state index contributed by atoms with van der Waals surface area (Å²) in [5.74, 6) is 0. The molecule has 0 aliphatic carbocycles. The summed E-state index contributed by atoms with van der Waals surface area (Å²) < 4.78 is 53.1. The highest BCUT2D eigenvalue weighted by Gasteiger charge is 2.31. The average molecular weight is 325 g/mol. The summed E-state index contributed by atoms with van der Waals surface area (Å²) in [5, 5.41) is 0. The molecule has 2 fully saturated rings. The maximum Gasteiger partial charge on any atom is 0.279 e. The van der Waals surface area contributed by atoms with Crippen molar-refractivity contribution in [2.24, 2.45) is 0 Å². The molecule has 0 bridgehead atoms. The van der Waals surface area contributed by atoms with Crippen LogP contribution < -0.4 is 4.72 Å². The minimum atomic E-state index is -3.49. The highest BCUT2D eigenvalue weighted by atomic mass is 32.2. The summed E-state index contributed by atoms with van der Waals surface area (Å²) in [6.07, 6.45) is 5.37. The van der Waals surface area contributed by atoms with Crippen molar-refractivity contribution < 1.29 is 16.8 Å².